The Kier molecular flexibility index (Phi) is 5.06. The third kappa shape index (κ3) is 3.91. The third-order valence-corrected chi connectivity index (χ3v) is 5.48. The number of alkyl halides is 6. The molecule has 0 bridgehead atoms. The second kappa shape index (κ2) is 7.35. The number of carbonyl (C=O) groups is 1. The monoisotopic (exact) mass is 450 g/mol. The number of hydrogen-bond acceptors (Lipinski definition) is 6. The van der Waals surface area contributed by atoms with Gasteiger partial charge in [0.15, 0.2) is 11.5 Å². The lowest BCUT2D eigenvalue weighted by Gasteiger charge is -2.34. The maximum absolute atomic E-state index is 13.6. The molecule has 14 heteroatoms. The molecule has 0 radical (unpaired) electrons. The zero-order valence-electron chi connectivity index (χ0n) is 15.6. The molecule has 31 heavy (non-hydrogen) atoms. The normalized spacial score (nSPS) is 22.9. The fourth-order valence-electron chi connectivity index (χ4n) is 3.96. The fourth-order valence-corrected chi connectivity index (χ4v) is 3.96. The molecule has 0 spiro atoms. The van der Waals surface area contributed by atoms with Gasteiger partial charge in [-0.05, 0) is 12.8 Å². The summed E-state index contributed by atoms with van der Waals surface area (Å²) >= 11 is 0. The molecule has 8 nitrogen and oxygen atoms in total. The average molecular weight is 450 g/mol. The average Bonchev–Trinajstić information content (AvgIpc) is 3.10. The van der Waals surface area contributed by atoms with Crippen LogP contribution in [0.15, 0.2) is 12.4 Å². The molecule has 2 aliphatic rings. The number of fused-ring (bicyclic) bond motifs is 1. The fraction of sp³-hybridized carbons (Fsp3) is 0.529. The van der Waals surface area contributed by atoms with Gasteiger partial charge in [0.1, 0.15) is 17.8 Å². The summed E-state index contributed by atoms with van der Waals surface area (Å²) in [6.07, 6.45) is -9.41. The van der Waals surface area contributed by atoms with E-state index in [1.807, 2.05) is 0 Å². The molecule has 1 amide bonds. The molecule has 2 aromatic heterocycles. The summed E-state index contributed by atoms with van der Waals surface area (Å²) in [6, 6.07) is 0. The molecule has 3 N–H and O–H groups in total. The van der Waals surface area contributed by atoms with Crippen LogP contribution in [0.5, 0.6) is 0 Å². The zero-order chi connectivity index (χ0) is 22.6. The van der Waals surface area contributed by atoms with E-state index in [0.29, 0.717) is 32.1 Å². The van der Waals surface area contributed by atoms with Crippen molar-refractivity contribution < 1.29 is 36.2 Å². The number of anilines is 2. The maximum atomic E-state index is 13.6. The van der Waals surface area contributed by atoms with Gasteiger partial charge in [-0.3, -0.25) is 9.89 Å². The molecule has 2 atom stereocenters. The lowest BCUT2D eigenvalue weighted by molar-refractivity contribution is -0.177. The van der Waals surface area contributed by atoms with Gasteiger partial charge in [-0.1, -0.05) is 0 Å². The van der Waals surface area contributed by atoms with Crippen LogP contribution < -0.4 is 10.2 Å². The molecule has 168 valence electrons. The van der Waals surface area contributed by atoms with Crippen LogP contribution in [0, 0.1) is 0 Å². The molecule has 0 saturated carbocycles. The summed E-state index contributed by atoms with van der Waals surface area (Å²) in [6.45, 7) is 0.619. The molecule has 0 aliphatic carbocycles. The van der Waals surface area contributed by atoms with Gasteiger partial charge >= 0.3 is 12.4 Å². The lowest BCUT2D eigenvalue weighted by Crippen LogP contribution is -2.44. The van der Waals surface area contributed by atoms with Crippen molar-refractivity contribution in [2.24, 2.45) is 0 Å². The highest BCUT2D eigenvalue weighted by molar-refractivity contribution is 5.97. The van der Waals surface area contributed by atoms with Crippen LogP contribution in [0.1, 0.15) is 41.6 Å². The largest absolute Gasteiger partial charge is 0.434 e. The molecule has 2 aromatic rings. The smallest absolute Gasteiger partial charge is 0.382 e. The minimum absolute atomic E-state index is 0.175. The summed E-state index contributed by atoms with van der Waals surface area (Å²) in [7, 11) is 0. The van der Waals surface area contributed by atoms with Crippen molar-refractivity contribution >= 4 is 17.5 Å². The van der Waals surface area contributed by atoms with Crippen molar-refractivity contribution in [3.8, 4) is 0 Å². The number of aromatic amines is 1. The predicted molar refractivity (Wildman–Crippen MR) is 93.2 cm³/mol. The number of halogens is 6. The van der Waals surface area contributed by atoms with E-state index in [1.165, 1.54) is 0 Å². The zero-order valence-corrected chi connectivity index (χ0v) is 15.6. The van der Waals surface area contributed by atoms with E-state index >= 15 is 0 Å². The number of nitrogens with zero attached hydrogens (tertiary/aromatic N) is 4. The second-order valence-electron chi connectivity index (χ2n) is 7.37. The first-order valence-electron chi connectivity index (χ1n) is 9.24. The van der Waals surface area contributed by atoms with Crippen LogP contribution in [-0.2, 0) is 11.0 Å². The predicted octanol–water partition coefficient (Wildman–Crippen LogP) is 2.56. The van der Waals surface area contributed by atoms with E-state index in [1.54, 1.807) is 4.90 Å². The molecule has 4 rings (SSSR count). The first kappa shape index (κ1) is 21.3. The number of piperidine rings is 1. The number of rotatable bonds is 2. The van der Waals surface area contributed by atoms with Gasteiger partial charge in [0.25, 0.3) is 5.91 Å². The summed E-state index contributed by atoms with van der Waals surface area (Å²) < 4.78 is 78.6. The summed E-state index contributed by atoms with van der Waals surface area (Å²) in [5, 5.41) is 18.4. The molecular weight excluding hydrogens is 434 g/mol. The Hall–Kier alpha value is -2.90. The topological polar surface area (TPSA) is 107 Å². The van der Waals surface area contributed by atoms with Crippen LogP contribution in [0.2, 0.25) is 0 Å². The van der Waals surface area contributed by atoms with Gasteiger partial charge in [0, 0.05) is 30.3 Å². The summed E-state index contributed by atoms with van der Waals surface area (Å²) in [5.74, 6) is -3.99. The highest BCUT2D eigenvalue weighted by atomic mass is 19.4. The molecule has 1 saturated heterocycles. The number of aromatic nitrogens is 4. The number of aliphatic hydroxyl groups excluding tert-OH is 1. The number of hydrogen-bond donors (Lipinski definition) is 3. The van der Waals surface area contributed by atoms with E-state index in [9.17, 15) is 36.2 Å². The van der Waals surface area contributed by atoms with Crippen molar-refractivity contribution in [1.29, 1.82) is 0 Å². The van der Waals surface area contributed by atoms with E-state index in [0.717, 1.165) is 6.20 Å². The van der Waals surface area contributed by atoms with Gasteiger partial charge < -0.3 is 15.3 Å². The van der Waals surface area contributed by atoms with Crippen molar-refractivity contribution in [2.75, 3.05) is 23.3 Å². The van der Waals surface area contributed by atoms with Crippen molar-refractivity contribution in [1.82, 2.24) is 20.2 Å². The Morgan fingerprint density at radius 3 is 2.29 bits per heavy atom. The highest BCUT2D eigenvalue weighted by Crippen LogP contribution is 2.47. The third-order valence-electron chi connectivity index (χ3n) is 5.48. The van der Waals surface area contributed by atoms with Gasteiger partial charge in [0.2, 0.25) is 0 Å². The van der Waals surface area contributed by atoms with Crippen molar-refractivity contribution in [2.45, 2.75) is 43.1 Å². The quantitative estimate of drug-likeness (QED) is 0.608. The lowest BCUT2D eigenvalue weighted by atomic mass is 9.83. The van der Waals surface area contributed by atoms with Crippen molar-refractivity contribution in [3.05, 3.63) is 29.3 Å². The molecule has 4 heterocycles. The number of amides is 1. The van der Waals surface area contributed by atoms with E-state index in [4.69, 9.17) is 0 Å². The molecule has 1 fully saturated rings. The SMILES string of the molecule is O=C1Nc2n[nH]c(C3CCN(c4cnc(C(F)(F)F)cn4)CC3)c2C(C(F)(F)F)C1O. The first-order valence-corrected chi connectivity index (χ1v) is 9.24. The Bertz CT molecular complexity index is 965. The van der Waals surface area contributed by atoms with E-state index in [-0.39, 0.29) is 28.8 Å². The first-order chi connectivity index (χ1) is 14.5. The molecule has 2 unspecified atom stereocenters. The Morgan fingerprint density at radius 2 is 1.74 bits per heavy atom. The number of H-pyrrole nitrogens is 1. The Balaban J connectivity index is 1.52. The number of aliphatic hydroxyl groups is 1. The summed E-state index contributed by atoms with van der Waals surface area (Å²) in [4.78, 5) is 20.5. The van der Waals surface area contributed by atoms with Gasteiger partial charge in [-0.15, -0.1) is 0 Å². The van der Waals surface area contributed by atoms with Gasteiger partial charge in [-0.25, -0.2) is 9.97 Å². The van der Waals surface area contributed by atoms with Crippen LogP contribution in [0.4, 0.5) is 38.0 Å². The van der Waals surface area contributed by atoms with Crippen LogP contribution in [0.3, 0.4) is 0 Å². The maximum Gasteiger partial charge on any atom is 0.434 e. The Labute approximate surface area is 170 Å². The van der Waals surface area contributed by atoms with Gasteiger partial charge in [-0.2, -0.15) is 31.4 Å². The Morgan fingerprint density at radius 1 is 1.06 bits per heavy atom. The highest BCUT2D eigenvalue weighted by Gasteiger charge is 2.53. The second-order valence-corrected chi connectivity index (χ2v) is 7.37. The molecule has 0 aromatic carbocycles. The van der Waals surface area contributed by atoms with Crippen LogP contribution in [0.25, 0.3) is 0 Å². The van der Waals surface area contributed by atoms with Crippen LogP contribution >= 0.6 is 0 Å². The number of nitrogens with one attached hydrogen (secondary N) is 2. The van der Waals surface area contributed by atoms with Gasteiger partial charge in [0.05, 0.1) is 12.4 Å². The minimum atomic E-state index is -4.86. The standard InChI is InChI=1S/C17H16F6N6O2/c18-16(19,20)8-5-25-9(6-24-8)29-3-1-7(2-4-29)12-10-11(17(21,22)23)13(30)15(31)26-14(10)28-27-12/h5-7,11,13,30H,1-4H2,(H2,26,27,28,31). The minimum Gasteiger partial charge on any atom is -0.382 e. The summed E-state index contributed by atoms with van der Waals surface area (Å²) in [5.41, 5.74) is -1.23. The number of carbonyl (C=O) groups excluding carboxylic acids is 1. The van der Waals surface area contributed by atoms with Crippen LogP contribution in [-0.4, -0.2) is 56.5 Å². The van der Waals surface area contributed by atoms with Crippen molar-refractivity contribution in [3.63, 3.8) is 0 Å². The molecular formula is C17H16F6N6O2. The van der Waals surface area contributed by atoms with E-state index < -0.39 is 36.0 Å². The van der Waals surface area contributed by atoms with E-state index in [2.05, 4.69) is 25.5 Å². The molecule has 2 aliphatic heterocycles.